The van der Waals surface area contributed by atoms with Crippen molar-refractivity contribution in [2.24, 2.45) is 5.73 Å². The molecule has 0 aliphatic carbocycles. The fraction of sp³-hybridized carbons (Fsp3) is 0.538. The molecule has 0 amide bonds. The molecule has 1 aliphatic heterocycles. The highest BCUT2D eigenvalue weighted by atomic mass is 32.2. The lowest BCUT2D eigenvalue weighted by atomic mass is 10.1. The average molecular weight is 272 g/mol. The van der Waals surface area contributed by atoms with Crippen molar-refractivity contribution in [1.82, 2.24) is 0 Å². The van der Waals surface area contributed by atoms with Crippen molar-refractivity contribution in [3.05, 3.63) is 29.3 Å². The Bertz CT molecular complexity index is 416. The molecule has 100 valence electrons. The maximum atomic E-state index is 14.0. The number of thioether (sulfide) groups is 1. The summed E-state index contributed by atoms with van der Waals surface area (Å²) in [5.74, 6) is -0.133. The highest BCUT2D eigenvalue weighted by Gasteiger charge is 2.29. The van der Waals surface area contributed by atoms with Crippen LogP contribution in [-0.4, -0.2) is 23.6 Å². The molecule has 2 nitrogen and oxygen atoms in total. The quantitative estimate of drug-likeness (QED) is 0.897. The van der Waals surface area contributed by atoms with Crippen LogP contribution in [0.25, 0.3) is 0 Å². The number of hydrogen-bond acceptors (Lipinski definition) is 3. The van der Waals surface area contributed by atoms with Gasteiger partial charge in [-0.2, -0.15) is 11.8 Å². The van der Waals surface area contributed by atoms with Crippen LogP contribution in [0.3, 0.4) is 0 Å². The Morgan fingerprint density at radius 1 is 1.33 bits per heavy atom. The molecule has 1 saturated heterocycles. The van der Waals surface area contributed by atoms with Gasteiger partial charge >= 0.3 is 0 Å². The molecule has 0 bridgehead atoms. The van der Waals surface area contributed by atoms with Gasteiger partial charge in [-0.25, -0.2) is 8.78 Å². The van der Waals surface area contributed by atoms with E-state index in [9.17, 15) is 8.78 Å². The van der Waals surface area contributed by atoms with E-state index in [1.807, 2.05) is 23.6 Å². The third kappa shape index (κ3) is 2.47. The summed E-state index contributed by atoms with van der Waals surface area (Å²) in [6, 6.07) is 2.78. The summed E-state index contributed by atoms with van der Waals surface area (Å²) in [5.41, 5.74) is 5.99. The molecule has 0 saturated carbocycles. The Labute approximate surface area is 111 Å². The second-order valence-electron chi connectivity index (χ2n) is 4.62. The van der Waals surface area contributed by atoms with Gasteiger partial charge in [0.05, 0.1) is 0 Å². The Morgan fingerprint density at radius 3 is 2.50 bits per heavy atom. The van der Waals surface area contributed by atoms with Gasteiger partial charge in [0.1, 0.15) is 17.3 Å². The first-order chi connectivity index (χ1) is 8.54. The molecule has 2 rings (SSSR count). The van der Waals surface area contributed by atoms with E-state index >= 15 is 0 Å². The smallest absolute Gasteiger partial charge is 0.149 e. The topological polar surface area (TPSA) is 29.3 Å². The predicted molar refractivity (Wildman–Crippen MR) is 73.0 cm³/mol. The van der Waals surface area contributed by atoms with Crippen molar-refractivity contribution in [2.75, 3.05) is 17.2 Å². The molecule has 2 atom stereocenters. The Hall–Kier alpha value is -0.810. The molecule has 2 N–H and O–H groups in total. The van der Waals surface area contributed by atoms with Gasteiger partial charge in [-0.15, -0.1) is 0 Å². The predicted octanol–water partition coefficient (Wildman–Crippen LogP) is 2.75. The standard InChI is InChI=1S/C13H18F2N2S/c1-8-9(2)18-4-3-17(8)13-11(14)5-10(7-16)6-12(13)15/h5-6,8-9H,3-4,7,16H2,1-2H3. The molecule has 0 radical (unpaired) electrons. The van der Waals surface area contributed by atoms with E-state index in [4.69, 9.17) is 5.73 Å². The molecule has 18 heavy (non-hydrogen) atoms. The largest absolute Gasteiger partial charge is 0.362 e. The average Bonchev–Trinajstić information content (AvgIpc) is 2.33. The summed E-state index contributed by atoms with van der Waals surface area (Å²) in [5, 5.41) is 0.367. The molecule has 1 aromatic carbocycles. The monoisotopic (exact) mass is 272 g/mol. The lowest BCUT2D eigenvalue weighted by molar-refractivity contribution is 0.542. The molecule has 0 aromatic heterocycles. The SMILES string of the molecule is CC1SCCN(c2c(F)cc(CN)cc2F)C1C. The molecule has 0 spiro atoms. The van der Waals surface area contributed by atoms with Crippen LogP contribution in [0.2, 0.25) is 0 Å². The Morgan fingerprint density at radius 2 is 1.94 bits per heavy atom. The van der Waals surface area contributed by atoms with Crippen molar-refractivity contribution >= 4 is 17.4 Å². The van der Waals surface area contributed by atoms with Crippen LogP contribution in [0.5, 0.6) is 0 Å². The maximum absolute atomic E-state index is 14.0. The van der Waals surface area contributed by atoms with Gasteiger partial charge in [-0.05, 0) is 24.6 Å². The maximum Gasteiger partial charge on any atom is 0.149 e. The first-order valence-corrected chi connectivity index (χ1v) is 7.15. The second-order valence-corrected chi connectivity index (χ2v) is 6.11. The lowest BCUT2D eigenvalue weighted by Crippen LogP contribution is -2.45. The molecular weight excluding hydrogens is 254 g/mol. The van der Waals surface area contributed by atoms with Gasteiger partial charge in [-0.1, -0.05) is 6.92 Å². The van der Waals surface area contributed by atoms with E-state index in [2.05, 4.69) is 6.92 Å². The van der Waals surface area contributed by atoms with Crippen LogP contribution < -0.4 is 10.6 Å². The number of rotatable bonds is 2. The van der Waals surface area contributed by atoms with Crippen molar-refractivity contribution in [3.63, 3.8) is 0 Å². The first-order valence-electron chi connectivity index (χ1n) is 6.10. The Balaban J connectivity index is 2.38. The number of benzene rings is 1. The zero-order valence-corrected chi connectivity index (χ0v) is 11.4. The normalized spacial score (nSPS) is 24.4. The highest BCUT2D eigenvalue weighted by molar-refractivity contribution is 8.00. The summed E-state index contributed by atoms with van der Waals surface area (Å²) in [7, 11) is 0. The minimum atomic E-state index is -0.513. The van der Waals surface area contributed by atoms with E-state index in [-0.39, 0.29) is 18.3 Å². The van der Waals surface area contributed by atoms with Gasteiger partial charge in [0.15, 0.2) is 0 Å². The van der Waals surface area contributed by atoms with Gasteiger partial charge in [-0.3, -0.25) is 0 Å². The summed E-state index contributed by atoms with van der Waals surface area (Å²) in [6.07, 6.45) is 0. The third-order valence-electron chi connectivity index (χ3n) is 3.48. The van der Waals surface area contributed by atoms with Crippen molar-refractivity contribution in [2.45, 2.75) is 31.7 Å². The number of nitrogens with zero attached hydrogens (tertiary/aromatic N) is 1. The van der Waals surface area contributed by atoms with Gasteiger partial charge < -0.3 is 10.6 Å². The van der Waals surface area contributed by atoms with Crippen molar-refractivity contribution in [1.29, 1.82) is 0 Å². The molecule has 1 aromatic rings. The van der Waals surface area contributed by atoms with Crippen molar-refractivity contribution < 1.29 is 8.78 Å². The van der Waals surface area contributed by atoms with Gasteiger partial charge in [0, 0.05) is 30.1 Å². The van der Waals surface area contributed by atoms with Crippen LogP contribution >= 0.6 is 11.8 Å². The van der Waals surface area contributed by atoms with E-state index in [1.54, 1.807) is 0 Å². The number of anilines is 1. The number of nitrogens with two attached hydrogens (primary N) is 1. The van der Waals surface area contributed by atoms with Crippen LogP contribution in [0, 0.1) is 11.6 Å². The van der Waals surface area contributed by atoms with Crippen molar-refractivity contribution in [3.8, 4) is 0 Å². The number of hydrogen-bond donors (Lipinski definition) is 1. The zero-order chi connectivity index (χ0) is 13.3. The molecule has 1 heterocycles. The minimum absolute atomic E-state index is 0.0897. The van der Waals surface area contributed by atoms with Gasteiger partial charge in [0.2, 0.25) is 0 Å². The molecule has 1 fully saturated rings. The summed E-state index contributed by atoms with van der Waals surface area (Å²) in [4.78, 5) is 1.83. The molecular formula is C13H18F2N2S. The van der Waals surface area contributed by atoms with E-state index in [0.717, 1.165) is 5.75 Å². The van der Waals surface area contributed by atoms with E-state index in [0.29, 0.717) is 17.4 Å². The molecule has 5 heteroatoms. The van der Waals surface area contributed by atoms with Crippen LogP contribution in [-0.2, 0) is 6.54 Å². The minimum Gasteiger partial charge on any atom is -0.362 e. The lowest BCUT2D eigenvalue weighted by Gasteiger charge is -2.39. The van der Waals surface area contributed by atoms with Crippen LogP contribution in [0.4, 0.5) is 14.5 Å². The summed E-state index contributed by atoms with van der Waals surface area (Å²) >= 11 is 1.84. The highest BCUT2D eigenvalue weighted by Crippen LogP contribution is 2.33. The fourth-order valence-corrected chi connectivity index (χ4v) is 3.36. The second kappa shape index (κ2) is 5.45. The third-order valence-corrected chi connectivity index (χ3v) is 4.82. The molecule has 1 aliphatic rings. The van der Waals surface area contributed by atoms with E-state index in [1.165, 1.54) is 12.1 Å². The first kappa shape index (κ1) is 13.6. The van der Waals surface area contributed by atoms with Crippen LogP contribution in [0.1, 0.15) is 19.4 Å². The fourth-order valence-electron chi connectivity index (χ4n) is 2.26. The van der Waals surface area contributed by atoms with E-state index < -0.39 is 11.6 Å². The zero-order valence-electron chi connectivity index (χ0n) is 10.6. The van der Waals surface area contributed by atoms with Crippen LogP contribution in [0.15, 0.2) is 12.1 Å². The summed E-state index contributed by atoms with van der Waals surface area (Å²) < 4.78 is 28.1. The Kier molecular flexibility index (Phi) is 4.12. The van der Waals surface area contributed by atoms with Gasteiger partial charge in [0.25, 0.3) is 0 Å². The summed E-state index contributed by atoms with van der Waals surface area (Å²) in [6.45, 7) is 4.92. The number of halogens is 2. The molecule has 2 unspecified atom stereocenters.